The number of rotatable bonds is 2. The van der Waals surface area contributed by atoms with Gasteiger partial charge in [0.1, 0.15) is 5.75 Å². The molecule has 0 aliphatic heterocycles. The average molecular weight is 251 g/mol. The molecule has 4 nitrogen and oxygen atoms in total. The highest BCUT2D eigenvalue weighted by Crippen LogP contribution is 2.36. The van der Waals surface area contributed by atoms with E-state index in [4.69, 9.17) is 16.1 Å². The van der Waals surface area contributed by atoms with Gasteiger partial charge in [-0.15, -0.1) is 0 Å². The fraction of sp³-hybridized carbons (Fsp3) is 0.333. The fourth-order valence-electron chi connectivity index (χ4n) is 1.85. The molecule has 0 unspecified atom stereocenters. The molecule has 1 aliphatic rings. The maximum absolute atomic E-state index is 9.42. The minimum atomic E-state index is 0.132. The van der Waals surface area contributed by atoms with Gasteiger partial charge in [0.15, 0.2) is 5.82 Å². The van der Waals surface area contributed by atoms with E-state index in [0.717, 1.165) is 18.7 Å². The van der Waals surface area contributed by atoms with E-state index in [1.807, 2.05) is 0 Å². The third kappa shape index (κ3) is 1.89. The Morgan fingerprint density at radius 1 is 1.35 bits per heavy atom. The number of aromatic nitrogens is 2. The number of phenols is 1. The summed E-state index contributed by atoms with van der Waals surface area (Å²) in [7, 11) is 0. The van der Waals surface area contributed by atoms with Gasteiger partial charge >= 0.3 is 0 Å². The van der Waals surface area contributed by atoms with Crippen LogP contribution in [0.5, 0.6) is 5.75 Å². The quantitative estimate of drug-likeness (QED) is 0.888. The van der Waals surface area contributed by atoms with Gasteiger partial charge in [0.25, 0.3) is 5.89 Å². The van der Waals surface area contributed by atoms with Crippen LogP contribution in [0.1, 0.15) is 31.0 Å². The Labute approximate surface area is 103 Å². The van der Waals surface area contributed by atoms with Gasteiger partial charge < -0.3 is 9.63 Å². The molecular formula is C12H11ClN2O2. The van der Waals surface area contributed by atoms with Gasteiger partial charge in [0.2, 0.25) is 0 Å². The number of hydrogen-bond acceptors (Lipinski definition) is 4. The first-order chi connectivity index (χ1) is 8.24. The maximum Gasteiger partial charge on any atom is 0.259 e. The number of nitrogens with zero attached hydrogens (tertiary/aromatic N) is 2. The summed E-state index contributed by atoms with van der Waals surface area (Å²) in [5, 5.41) is 13.9. The van der Waals surface area contributed by atoms with Crippen LogP contribution in [0, 0.1) is 0 Å². The van der Waals surface area contributed by atoms with Crippen LogP contribution in [0.15, 0.2) is 22.7 Å². The first-order valence-corrected chi connectivity index (χ1v) is 5.94. The monoisotopic (exact) mass is 250 g/mol. The molecule has 17 heavy (non-hydrogen) atoms. The Morgan fingerprint density at radius 3 is 2.88 bits per heavy atom. The molecule has 1 saturated carbocycles. The summed E-state index contributed by atoms with van der Waals surface area (Å²) in [5.41, 5.74) is 0.574. The van der Waals surface area contributed by atoms with Crippen molar-refractivity contribution in [2.75, 3.05) is 0 Å². The zero-order valence-electron chi connectivity index (χ0n) is 9.06. The van der Waals surface area contributed by atoms with E-state index in [0.29, 0.717) is 22.4 Å². The van der Waals surface area contributed by atoms with Crippen molar-refractivity contribution in [3.63, 3.8) is 0 Å². The van der Waals surface area contributed by atoms with E-state index >= 15 is 0 Å². The molecule has 0 atom stereocenters. The normalized spacial score (nSPS) is 15.8. The molecule has 0 bridgehead atoms. The zero-order valence-corrected chi connectivity index (χ0v) is 9.81. The highest BCUT2D eigenvalue weighted by Gasteiger charge is 2.25. The van der Waals surface area contributed by atoms with Crippen molar-refractivity contribution in [3.05, 3.63) is 29.0 Å². The molecule has 0 saturated heterocycles. The molecule has 1 aromatic heterocycles. The van der Waals surface area contributed by atoms with Gasteiger partial charge in [-0.3, -0.25) is 0 Å². The Balaban J connectivity index is 1.97. The van der Waals surface area contributed by atoms with Crippen LogP contribution in [0.3, 0.4) is 0 Å². The predicted molar refractivity (Wildman–Crippen MR) is 63.0 cm³/mol. The first kappa shape index (κ1) is 10.6. The minimum Gasteiger partial charge on any atom is -0.508 e. The summed E-state index contributed by atoms with van der Waals surface area (Å²) in [5.74, 6) is 1.66. The van der Waals surface area contributed by atoms with Crippen molar-refractivity contribution in [1.29, 1.82) is 0 Å². The second kappa shape index (κ2) is 4.04. The van der Waals surface area contributed by atoms with Crippen molar-refractivity contribution in [1.82, 2.24) is 10.1 Å². The highest BCUT2D eigenvalue weighted by molar-refractivity contribution is 6.33. The van der Waals surface area contributed by atoms with Gasteiger partial charge in [-0.05, 0) is 31.0 Å². The molecule has 1 aromatic carbocycles. The van der Waals surface area contributed by atoms with Gasteiger partial charge in [-0.1, -0.05) is 23.2 Å². The third-order valence-corrected chi connectivity index (χ3v) is 3.42. The van der Waals surface area contributed by atoms with Gasteiger partial charge in [-0.25, -0.2) is 0 Å². The van der Waals surface area contributed by atoms with Crippen LogP contribution in [0.4, 0.5) is 0 Å². The van der Waals surface area contributed by atoms with Crippen molar-refractivity contribution < 1.29 is 9.63 Å². The SMILES string of the molecule is Oc1ccc(Cl)c(-c2nc(C3CCC3)no2)c1. The summed E-state index contributed by atoms with van der Waals surface area (Å²) in [6, 6.07) is 4.66. The molecule has 0 spiro atoms. The molecule has 1 heterocycles. The third-order valence-electron chi connectivity index (χ3n) is 3.09. The highest BCUT2D eigenvalue weighted by atomic mass is 35.5. The van der Waals surface area contributed by atoms with Crippen LogP contribution < -0.4 is 0 Å². The Hall–Kier alpha value is -1.55. The standard InChI is InChI=1S/C12H11ClN2O2/c13-10-5-4-8(16)6-9(10)12-14-11(15-17-12)7-2-1-3-7/h4-7,16H,1-3H2. The minimum absolute atomic E-state index is 0.132. The van der Waals surface area contributed by atoms with Gasteiger partial charge in [-0.2, -0.15) is 4.98 Å². The van der Waals surface area contributed by atoms with E-state index in [1.165, 1.54) is 18.6 Å². The van der Waals surface area contributed by atoms with Crippen LogP contribution in [0.2, 0.25) is 5.02 Å². The summed E-state index contributed by atoms with van der Waals surface area (Å²) in [6.45, 7) is 0. The van der Waals surface area contributed by atoms with Crippen molar-refractivity contribution in [3.8, 4) is 17.2 Å². The molecule has 5 heteroatoms. The smallest absolute Gasteiger partial charge is 0.259 e. The summed E-state index contributed by atoms with van der Waals surface area (Å²) < 4.78 is 5.19. The summed E-state index contributed by atoms with van der Waals surface area (Å²) in [4.78, 5) is 4.33. The molecule has 0 radical (unpaired) electrons. The Morgan fingerprint density at radius 2 is 2.18 bits per heavy atom. The largest absolute Gasteiger partial charge is 0.508 e. The number of halogens is 1. The zero-order chi connectivity index (χ0) is 11.8. The number of phenolic OH excluding ortho intramolecular Hbond substituents is 1. The van der Waals surface area contributed by atoms with E-state index in [9.17, 15) is 5.11 Å². The van der Waals surface area contributed by atoms with Crippen LogP contribution in [0.25, 0.3) is 11.5 Å². The molecule has 1 aliphatic carbocycles. The van der Waals surface area contributed by atoms with Crippen LogP contribution in [-0.2, 0) is 0 Å². The molecule has 3 rings (SSSR count). The fourth-order valence-corrected chi connectivity index (χ4v) is 2.05. The van der Waals surface area contributed by atoms with Crippen LogP contribution in [-0.4, -0.2) is 15.2 Å². The lowest BCUT2D eigenvalue weighted by Crippen LogP contribution is -2.10. The van der Waals surface area contributed by atoms with E-state index in [-0.39, 0.29) is 5.75 Å². The van der Waals surface area contributed by atoms with Crippen LogP contribution >= 0.6 is 11.6 Å². The Bertz CT molecular complexity index is 549. The number of hydrogen-bond donors (Lipinski definition) is 1. The Kier molecular flexibility index (Phi) is 2.52. The first-order valence-electron chi connectivity index (χ1n) is 5.56. The van der Waals surface area contributed by atoms with Gasteiger partial charge in [0, 0.05) is 5.92 Å². The number of aromatic hydroxyl groups is 1. The molecule has 2 aromatic rings. The maximum atomic E-state index is 9.42. The number of benzene rings is 1. The second-order valence-corrected chi connectivity index (χ2v) is 4.66. The molecule has 88 valence electrons. The lowest BCUT2D eigenvalue weighted by molar-refractivity contribution is 0.366. The summed E-state index contributed by atoms with van der Waals surface area (Å²) in [6.07, 6.45) is 3.46. The van der Waals surface area contributed by atoms with Crippen molar-refractivity contribution in [2.24, 2.45) is 0 Å². The van der Waals surface area contributed by atoms with Crippen molar-refractivity contribution in [2.45, 2.75) is 25.2 Å². The lowest BCUT2D eigenvalue weighted by Gasteiger charge is -2.20. The summed E-state index contributed by atoms with van der Waals surface area (Å²) >= 11 is 6.03. The van der Waals surface area contributed by atoms with E-state index in [2.05, 4.69) is 10.1 Å². The van der Waals surface area contributed by atoms with E-state index in [1.54, 1.807) is 6.07 Å². The molecular weight excluding hydrogens is 240 g/mol. The lowest BCUT2D eigenvalue weighted by atomic mass is 9.85. The second-order valence-electron chi connectivity index (χ2n) is 4.25. The topological polar surface area (TPSA) is 59.2 Å². The molecule has 1 N–H and O–H groups in total. The predicted octanol–water partition coefficient (Wildman–Crippen LogP) is 3.36. The van der Waals surface area contributed by atoms with Gasteiger partial charge in [0.05, 0.1) is 10.6 Å². The molecule has 0 amide bonds. The van der Waals surface area contributed by atoms with E-state index < -0.39 is 0 Å². The molecule has 1 fully saturated rings. The van der Waals surface area contributed by atoms with Crippen molar-refractivity contribution >= 4 is 11.6 Å². The average Bonchev–Trinajstić information content (AvgIpc) is 2.68.